The number of carbonyl (C=O) groups excluding carboxylic acids is 1. The van der Waals surface area contributed by atoms with E-state index in [0.29, 0.717) is 30.0 Å². The van der Waals surface area contributed by atoms with Gasteiger partial charge in [0.15, 0.2) is 5.58 Å². The maximum Gasteiger partial charge on any atom is 0.227 e. The molecule has 0 aliphatic carbocycles. The van der Waals surface area contributed by atoms with Crippen LogP contribution in [0, 0.1) is 6.92 Å². The van der Waals surface area contributed by atoms with Crippen molar-refractivity contribution in [2.45, 2.75) is 19.8 Å². The molecule has 0 unspecified atom stereocenters. The molecule has 0 aliphatic heterocycles. The van der Waals surface area contributed by atoms with Gasteiger partial charge in [-0.2, -0.15) is 0 Å². The predicted octanol–water partition coefficient (Wildman–Crippen LogP) is 5.38. The Balaban J connectivity index is 1.45. The molecule has 0 saturated heterocycles. The van der Waals surface area contributed by atoms with Crippen molar-refractivity contribution in [1.29, 1.82) is 0 Å². The summed E-state index contributed by atoms with van der Waals surface area (Å²) in [4.78, 5) is 16.8. The van der Waals surface area contributed by atoms with Crippen LogP contribution < -0.4 is 10.1 Å². The first-order valence-electron chi connectivity index (χ1n) is 9.51. The molecule has 0 fully saturated rings. The van der Waals surface area contributed by atoms with Crippen LogP contribution >= 0.6 is 0 Å². The van der Waals surface area contributed by atoms with Gasteiger partial charge < -0.3 is 14.5 Å². The van der Waals surface area contributed by atoms with E-state index in [9.17, 15) is 4.79 Å². The molecule has 5 nitrogen and oxygen atoms in total. The van der Waals surface area contributed by atoms with E-state index < -0.39 is 0 Å². The van der Waals surface area contributed by atoms with Crippen molar-refractivity contribution in [3.05, 3.63) is 77.9 Å². The van der Waals surface area contributed by atoms with Crippen LogP contribution in [0.1, 0.15) is 17.5 Å². The van der Waals surface area contributed by atoms with Crippen molar-refractivity contribution in [1.82, 2.24) is 4.98 Å². The zero-order chi connectivity index (χ0) is 20.2. The molecule has 4 aromatic rings. The standard InChI is InChI=1S/C24H22N2O3/c1-16-6-8-17(9-7-16)10-13-23(27)25-19-11-12-21-22(15-19)29-24(26-21)18-4-3-5-20(14-18)28-2/h3-9,11-12,14-15H,10,13H2,1-2H3,(H,25,27). The third kappa shape index (κ3) is 4.46. The molecule has 1 aromatic heterocycles. The van der Waals surface area contributed by atoms with Gasteiger partial charge in [-0.1, -0.05) is 35.9 Å². The highest BCUT2D eigenvalue weighted by Crippen LogP contribution is 2.28. The topological polar surface area (TPSA) is 64.4 Å². The molecule has 0 aliphatic rings. The van der Waals surface area contributed by atoms with Gasteiger partial charge in [0.1, 0.15) is 11.3 Å². The van der Waals surface area contributed by atoms with E-state index >= 15 is 0 Å². The number of methoxy groups -OCH3 is 1. The van der Waals surface area contributed by atoms with E-state index in [1.165, 1.54) is 5.56 Å². The smallest absolute Gasteiger partial charge is 0.227 e. The molecule has 0 spiro atoms. The number of oxazole rings is 1. The summed E-state index contributed by atoms with van der Waals surface area (Å²) < 4.78 is 11.2. The fraction of sp³-hybridized carbons (Fsp3) is 0.167. The number of benzene rings is 3. The molecule has 0 atom stereocenters. The number of nitrogens with zero attached hydrogens (tertiary/aromatic N) is 1. The van der Waals surface area contributed by atoms with Gasteiger partial charge in [0, 0.05) is 23.7 Å². The van der Waals surface area contributed by atoms with Crippen LogP contribution in [0.25, 0.3) is 22.6 Å². The van der Waals surface area contributed by atoms with Gasteiger partial charge in [0.2, 0.25) is 11.8 Å². The average Bonchev–Trinajstić information content (AvgIpc) is 3.17. The van der Waals surface area contributed by atoms with Gasteiger partial charge in [-0.3, -0.25) is 4.79 Å². The molecule has 0 radical (unpaired) electrons. The number of amides is 1. The van der Waals surface area contributed by atoms with Crippen LogP contribution in [0.4, 0.5) is 5.69 Å². The Kier molecular flexibility index (Phi) is 5.29. The van der Waals surface area contributed by atoms with E-state index in [4.69, 9.17) is 9.15 Å². The van der Waals surface area contributed by atoms with E-state index in [2.05, 4.69) is 41.5 Å². The largest absolute Gasteiger partial charge is 0.497 e. The van der Waals surface area contributed by atoms with Gasteiger partial charge >= 0.3 is 0 Å². The minimum Gasteiger partial charge on any atom is -0.497 e. The quantitative estimate of drug-likeness (QED) is 0.483. The number of rotatable bonds is 6. The maximum absolute atomic E-state index is 12.3. The monoisotopic (exact) mass is 386 g/mol. The van der Waals surface area contributed by atoms with Crippen molar-refractivity contribution >= 4 is 22.7 Å². The lowest BCUT2D eigenvalue weighted by atomic mass is 10.1. The number of aryl methyl sites for hydroxylation is 2. The van der Waals surface area contributed by atoms with Crippen LogP contribution in [0.3, 0.4) is 0 Å². The second kappa shape index (κ2) is 8.19. The molecular formula is C24H22N2O3. The highest BCUT2D eigenvalue weighted by atomic mass is 16.5. The molecule has 0 saturated carbocycles. The van der Waals surface area contributed by atoms with E-state index in [0.717, 1.165) is 22.4 Å². The Morgan fingerprint density at radius 2 is 1.90 bits per heavy atom. The fourth-order valence-electron chi connectivity index (χ4n) is 3.12. The van der Waals surface area contributed by atoms with E-state index in [1.807, 2.05) is 36.4 Å². The second-order valence-corrected chi connectivity index (χ2v) is 6.97. The van der Waals surface area contributed by atoms with Crippen LogP contribution in [0.5, 0.6) is 5.75 Å². The number of hydrogen-bond acceptors (Lipinski definition) is 4. The highest BCUT2D eigenvalue weighted by Gasteiger charge is 2.11. The first-order chi connectivity index (χ1) is 14.1. The first kappa shape index (κ1) is 18.7. The van der Waals surface area contributed by atoms with Gasteiger partial charge in [-0.05, 0) is 49.2 Å². The minimum atomic E-state index is -0.0301. The molecule has 0 bridgehead atoms. The lowest BCUT2D eigenvalue weighted by molar-refractivity contribution is -0.116. The van der Waals surface area contributed by atoms with E-state index in [1.54, 1.807) is 13.2 Å². The lowest BCUT2D eigenvalue weighted by Crippen LogP contribution is -2.12. The van der Waals surface area contributed by atoms with Crippen LogP contribution in [0.2, 0.25) is 0 Å². The molecule has 3 aromatic carbocycles. The molecule has 1 amide bonds. The lowest BCUT2D eigenvalue weighted by Gasteiger charge is -2.05. The first-order valence-corrected chi connectivity index (χ1v) is 9.51. The zero-order valence-electron chi connectivity index (χ0n) is 16.4. The number of aromatic nitrogens is 1. The third-order valence-electron chi connectivity index (χ3n) is 4.75. The molecular weight excluding hydrogens is 364 g/mol. The summed E-state index contributed by atoms with van der Waals surface area (Å²) in [7, 11) is 1.62. The SMILES string of the molecule is COc1cccc(-c2nc3ccc(NC(=O)CCc4ccc(C)cc4)cc3o2)c1. The average molecular weight is 386 g/mol. The summed E-state index contributed by atoms with van der Waals surface area (Å²) in [6, 6.07) is 21.3. The number of ether oxygens (including phenoxy) is 1. The molecule has 1 heterocycles. The molecule has 1 N–H and O–H groups in total. The van der Waals surface area contributed by atoms with Crippen LogP contribution in [-0.2, 0) is 11.2 Å². The van der Waals surface area contributed by atoms with Crippen molar-refractivity contribution in [2.75, 3.05) is 12.4 Å². The predicted molar refractivity (Wildman–Crippen MR) is 114 cm³/mol. The molecule has 4 rings (SSSR count). The third-order valence-corrected chi connectivity index (χ3v) is 4.75. The minimum absolute atomic E-state index is 0.0301. The maximum atomic E-state index is 12.3. The summed E-state index contributed by atoms with van der Waals surface area (Å²) in [5, 5.41) is 2.94. The highest BCUT2D eigenvalue weighted by molar-refractivity contribution is 5.93. The number of fused-ring (bicyclic) bond motifs is 1. The Bertz CT molecular complexity index is 1150. The van der Waals surface area contributed by atoms with Crippen molar-refractivity contribution in [3.63, 3.8) is 0 Å². The summed E-state index contributed by atoms with van der Waals surface area (Å²) in [5.74, 6) is 1.23. The summed E-state index contributed by atoms with van der Waals surface area (Å²) >= 11 is 0. The zero-order valence-corrected chi connectivity index (χ0v) is 16.4. The van der Waals surface area contributed by atoms with Crippen molar-refractivity contribution in [2.24, 2.45) is 0 Å². The van der Waals surface area contributed by atoms with Crippen LogP contribution in [-0.4, -0.2) is 18.0 Å². The van der Waals surface area contributed by atoms with Gasteiger partial charge in [-0.25, -0.2) is 4.98 Å². The summed E-state index contributed by atoms with van der Waals surface area (Å²) in [6.45, 7) is 2.05. The van der Waals surface area contributed by atoms with Gasteiger partial charge in [-0.15, -0.1) is 0 Å². The Labute approximate surface area is 169 Å². The van der Waals surface area contributed by atoms with Gasteiger partial charge in [0.05, 0.1) is 7.11 Å². The fourth-order valence-corrected chi connectivity index (χ4v) is 3.12. The number of nitrogens with one attached hydrogen (secondary N) is 1. The Hall–Kier alpha value is -3.60. The van der Waals surface area contributed by atoms with Crippen molar-refractivity contribution < 1.29 is 13.9 Å². The Morgan fingerprint density at radius 1 is 1.07 bits per heavy atom. The summed E-state index contributed by atoms with van der Waals surface area (Å²) in [5.41, 5.74) is 5.26. The number of carbonyl (C=O) groups is 1. The number of anilines is 1. The molecule has 146 valence electrons. The number of hydrogen-bond donors (Lipinski definition) is 1. The molecule has 29 heavy (non-hydrogen) atoms. The Morgan fingerprint density at radius 3 is 2.69 bits per heavy atom. The normalized spacial score (nSPS) is 10.8. The second-order valence-electron chi connectivity index (χ2n) is 6.97. The van der Waals surface area contributed by atoms with Crippen molar-refractivity contribution in [3.8, 4) is 17.2 Å². The van der Waals surface area contributed by atoms with Crippen LogP contribution in [0.15, 0.2) is 71.1 Å². The summed E-state index contributed by atoms with van der Waals surface area (Å²) in [6.07, 6.45) is 1.13. The van der Waals surface area contributed by atoms with Gasteiger partial charge in [0.25, 0.3) is 0 Å². The molecule has 5 heteroatoms. The van der Waals surface area contributed by atoms with E-state index in [-0.39, 0.29) is 5.91 Å².